The van der Waals surface area contributed by atoms with E-state index >= 15 is 0 Å². The lowest BCUT2D eigenvalue weighted by molar-refractivity contribution is 0.0716. The Bertz CT molecular complexity index is 1390. The third-order valence-corrected chi connectivity index (χ3v) is 6.85. The van der Waals surface area contributed by atoms with Gasteiger partial charge in [0, 0.05) is 16.1 Å². The van der Waals surface area contributed by atoms with E-state index in [-0.39, 0.29) is 18.2 Å². The minimum Gasteiger partial charge on any atom is -0.507 e. The summed E-state index contributed by atoms with van der Waals surface area (Å²) in [6, 6.07) is 14.2. The Morgan fingerprint density at radius 2 is 2.06 bits per heavy atom. The van der Waals surface area contributed by atoms with Crippen molar-refractivity contribution in [2.75, 3.05) is 6.61 Å². The molecular weight excluding hydrogens is 478 g/mol. The zero-order chi connectivity index (χ0) is 25.4. The number of furan rings is 1. The number of halogens is 1. The van der Waals surface area contributed by atoms with Gasteiger partial charge < -0.3 is 19.2 Å². The number of phenols is 1. The molecule has 2 aromatic carbocycles. The van der Waals surface area contributed by atoms with Gasteiger partial charge in [-0.25, -0.2) is 0 Å². The lowest BCUT2D eigenvalue weighted by Gasteiger charge is -2.26. The van der Waals surface area contributed by atoms with Crippen LogP contribution in [0.3, 0.4) is 0 Å². The van der Waals surface area contributed by atoms with Crippen molar-refractivity contribution in [3.8, 4) is 22.8 Å². The van der Waals surface area contributed by atoms with Crippen LogP contribution in [0.25, 0.3) is 11.3 Å². The van der Waals surface area contributed by atoms with Gasteiger partial charge in [-0.15, -0.1) is 0 Å². The van der Waals surface area contributed by atoms with Crippen LogP contribution in [-0.2, 0) is 6.54 Å². The number of fused-ring (bicyclic) bond motifs is 1. The number of H-pyrrole nitrogens is 1. The molecule has 186 valence electrons. The Morgan fingerprint density at radius 3 is 2.81 bits per heavy atom. The van der Waals surface area contributed by atoms with Crippen LogP contribution in [0.5, 0.6) is 11.5 Å². The molecule has 0 saturated heterocycles. The average molecular weight is 506 g/mol. The first-order valence-corrected chi connectivity index (χ1v) is 12.3. The number of rotatable bonds is 8. The number of benzene rings is 2. The van der Waals surface area contributed by atoms with Gasteiger partial charge in [0.05, 0.1) is 25.5 Å². The smallest absolute Gasteiger partial charge is 0.273 e. The van der Waals surface area contributed by atoms with E-state index < -0.39 is 6.04 Å². The zero-order valence-electron chi connectivity index (χ0n) is 20.4. The van der Waals surface area contributed by atoms with Crippen molar-refractivity contribution in [2.24, 2.45) is 5.92 Å². The highest BCUT2D eigenvalue weighted by molar-refractivity contribution is 6.31. The number of carbonyl (C=O) groups is 1. The summed E-state index contributed by atoms with van der Waals surface area (Å²) in [7, 11) is 0. The Kier molecular flexibility index (Phi) is 6.49. The lowest BCUT2D eigenvalue weighted by atomic mass is 9.95. The van der Waals surface area contributed by atoms with Gasteiger partial charge in [0.1, 0.15) is 28.6 Å². The van der Waals surface area contributed by atoms with E-state index in [1.165, 1.54) is 0 Å². The molecule has 0 aliphatic carbocycles. The first kappa shape index (κ1) is 24.0. The highest BCUT2D eigenvalue weighted by Gasteiger charge is 2.43. The summed E-state index contributed by atoms with van der Waals surface area (Å²) in [6.45, 7) is 7.02. The molecule has 1 unspecified atom stereocenters. The van der Waals surface area contributed by atoms with E-state index in [9.17, 15) is 9.90 Å². The number of aryl methyl sites for hydroxylation is 1. The molecule has 0 bridgehead atoms. The minimum absolute atomic E-state index is 0.0488. The van der Waals surface area contributed by atoms with Gasteiger partial charge in [-0.2, -0.15) is 5.10 Å². The highest BCUT2D eigenvalue weighted by atomic mass is 35.5. The highest BCUT2D eigenvalue weighted by Crippen LogP contribution is 2.46. The third kappa shape index (κ3) is 4.46. The largest absolute Gasteiger partial charge is 0.507 e. The predicted molar refractivity (Wildman–Crippen MR) is 137 cm³/mol. The number of hydrogen-bond acceptors (Lipinski definition) is 5. The van der Waals surface area contributed by atoms with Gasteiger partial charge in [-0.1, -0.05) is 37.6 Å². The van der Waals surface area contributed by atoms with Crippen molar-refractivity contribution in [3.05, 3.63) is 88.0 Å². The molecule has 1 aliphatic heterocycles. The molecule has 2 aromatic heterocycles. The van der Waals surface area contributed by atoms with Crippen LogP contribution in [0.2, 0.25) is 5.02 Å². The molecule has 4 aromatic rings. The fourth-order valence-corrected chi connectivity index (χ4v) is 4.69. The van der Waals surface area contributed by atoms with Crippen LogP contribution in [0.1, 0.15) is 59.2 Å². The number of aromatic nitrogens is 2. The Hall–Kier alpha value is -3.71. The monoisotopic (exact) mass is 505 g/mol. The van der Waals surface area contributed by atoms with E-state index in [0.717, 1.165) is 23.3 Å². The van der Waals surface area contributed by atoms with Crippen LogP contribution in [0, 0.1) is 12.8 Å². The summed E-state index contributed by atoms with van der Waals surface area (Å²) in [5, 5.41) is 18.6. The fraction of sp³-hybridized carbons (Fsp3) is 0.286. The second kappa shape index (κ2) is 9.74. The molecule has 8 heteroatoms. The van der Waals surface area contributed by atoms with Gasteiger partial charge in [-0.05, 0) is 66.8 Å². The lowest BCUT2D eigenvalue weighted by Crippen LogP contribution is -2.29. The number of aromatic hydroxyl groups is 1. The molecule has 0 saturated carbocycles. The predicted octanol–water partition coefficient (Wildman–Crippen LogP) is 6.51. The van der Waals surface area contributed by atoms with E-state index in [0.29, 0.717) is 45.8 Å². The summed E-state index contributed by atoms with van der Waals surface area (Å²) >= 11 is 6.40. The number of carbonyl (C=O) groups excluding carboxylic acids is 1. The maximum absolute atomic E-state index is 13.6. The van der Waals surface area contributed by atoms with E-state index in [4.69, 9.17) is 20.8 Å². The Labute approximate surface area is 214 Å². The van der Waals surface area contributed by atoms with Gasteiger partial charge in [-0.3, -0.25) is 9.89 Å². The van der Waals surface area contributed by atoms with Crippen LogP contribution < -0.4 is 4.74 Å². The van der Waals surface area contributed by atoms with Crippen molar-refractivity contribution >= 4 is 17.5 Å². The normalized spacial score (nSPS) is 15.1. The van der Waals surface area contributed by atoms with Crippen molar-refractivity contribution in [1.82, 2.24) is 15.1 Å². The summed E-state index contributed by atoms with van der Waals surface area (Å²) in [5.74, 6) is 1.79. The maximum atomic E-state index is 13.6. The molecule has 0 radical (unpaired) electrons. The quantitative estimate of drug-likeness (QED) is 0.285. The number of amides is 1. The van der Waals surface area contributed by atoms with E-state index in [2.05, 4.69) is 24.0 Å². The Morgan fingerprint density at radius 1 is 1.22 bits per heavy atom. The molecule has 1 aliphatic rings. The van der Waals surface area contributed by atoms with Crippen molar-refractivity contribution in [3.63, 3.8) is 0 Å². The Balaban J connectivity index is 1.60. The summed E-state index contributed by atoms with van der Waals surface area (Å²) in [4.78, 5) is 15.3. The van der Waals surface area contributed by atoms with Gasteiger partial charge in [0.15, 0.2) is 0 Å². The second-order valence-corrected chi connectivity index (χ2v) is 9.91. The van der Waals surface area contributed by atoms with Gasteiger partial charge >= 0.3 is 0 Å². The summed E-state index contributed by atoms with van der Waals surface area (Å²) < 4.78 is 11.6. The van der Waals surface area contributed by atoms with Crippen molar-refractivity contribution in [2.45, 2.75) is 39.8 Å². The first-order chi connectivity index (χ1) is 17.3. The number of hydrogen-bond donors (Lipinski definition) is 2. The topological polar surface area (TPSA) is 91.6 Å². The summed E-state index contributed by atoms with van der Waals surface area (Å²) in [5.41, 5.74) is 3.63. The van der Waals surface area contributed by atoms with Crippen LogP contribution in [-0.4, -0.2) is 32.7 Å². The van der Waals surface area contributed by atoms with Gasteiger partial charge in [0.2, 0.25) is 0 Å². The average Bonchev–Trinajstić information content (AvgIpc) is 3.56. The number of phenolic OH excluding ortho intramolecular Hbond substituents is 1. The number of nitrogens with zero attached hydrogens (tertiary/aromatic N) is 2. The second-order valence-electron chi connectivity index (χ2n) is 9.50. The molecule has 0 spiro atoms. The van der Waals surface area contributed by atoms with E-state index in [1.807, 2.05) is 37.3 Å². The molecular formula is C28H28ClN3O4. The van der Waals surface area contributed by atoms with Crippen LogP contribution >= 0.6 is 11.6 Å². The molecule has 0 fully saturated rings. The fourth-order valence-electron chi connectivity index (χ4n) is 4.52. The first-order valence-electron chi connectivity index (χ1n) is 12.0. The maximum Gasteiger partial charge on any atom is 0.273 e. The number of aromatic amines is 1. The van der Waals surface area contributed by atoms with Gasteiger partial charge in [0.25, 0.3) is 5.91 Å². The third-order valence-electron chi connectivity index (χ3n) is 6.44. The van der Waals surface area contributed by atoms with Crippen LogP contribution in [0.15, 0.2) is 59.2 Å². The molecule has 2 N–H and O–H groups in total. The number of ether oxygens (including phenoxy) is 1. The molecule has 3 heterocycles. The van der Waals surface area contributed by atoms with Crippen molar-refractivity contribution < 1.29 is 19.1 Å². The number of nitrogens with one attached hydrogen (secondary N) is 1. The summed E-state index contributed by atoms with van der Waals surface area (Å²) in [6.07, 6.45) is 2.53. The molecule has 7 nitrogen and oxygen atoms in total. The molecule has 1 amide bonds. The molecule has 5 rings (SSSR count). The molecule has 1 atom stereocenters. The van der Waals surface area contributed by atoms with Crippen molar-refractivity contribution in [1.29, 1.82) is 0 Å². The standard InChI is InChI=1S/C28H28ClN3O4/c1-16(2)9-11-36-19-7-4-6-18(13-19)27-24-25(21-14-22(29)17(3)12-23(21)33)30-31-26(24)28(34)32(27)15-20-8-5-10-35-20/h4-8,10,12-14,16,27,33H,9,11,15H2,1-3H3,(H,30,31). The zero-order valence-corrected chi connectivity index (χ0v) is 21.2. The minimum atomic E-state index is -0.473. The van der Waals surface area contributed by atoms with Crippen LogP contribution in [0.4, 0.5) is 0 Å². The molecule has 36 heavy (non-hydrogen) atoms. The SMILES string of the molecule is Cc1cc(O)c(-c2n[nH]c3c2C(c2cccc(OCCC(C)C)c2)N(Cc2ccco2)C3=O)cc1Cl. The van der Waals surface area contributed by atoms with E-state index in [1.54, 1.807) is 29.4 Å².